The molecule has 0 aromatic carbocycles. The van der Waals surface area contributed by atoms with Crippen molar-refractivity contribution in [1.29, 1.82) is 0 Å². The second-order valence-electron chi connectivity index (χ2n) is 1.43. The van der Waals surface area contributed by atoms with Gasteiger partial charge in [0, 0.05) is 0 Å². The summed E-state index contributed by atoms with van der Waals surface area (Å²) in [4.78, 5) is 0. The van der Waals surface area contributed by atoms with Gasteiger partial charge >= 0.3 is 0 Å². The lowest BCUT2D eigenvalue weighted by atomic mass is 10.6. The third-order valence-electron chi connectivity index (χ3n) is 0.224. The molecule has 0 aromatic rings. The first kappa shape index (κ1) is 10.4. The van der Waals surface area contributed by atoms with Crippen molar-refractivity contribution in [2.24, 2.45) is 0 Å². The number of hydrogen-bond donors (Lipinski definition) is 1. The minimum Gasteiger partial charge on any atom is -0.179 e. The van der Waals surface area contributed by atoms with Gasteiger partial charge in [0.1, 0.15) is 0 Å². The summed E-state index contributed by atoms with van der Waals surface area (Å²) in [5, 5.41) is 0. The minimum absolute atomic E-state index is 1.01. The fourth-order valence-electron chi connectivity index (χ4n) is 0. The minimum atomic E-state index is 1.01. The lowest BCUT2D eigenvalue weighted by Crippen LogP contribution is -1.56. The highest BCUT2D eigenvalue weighted by Crippen LogP contribution is 1.74. The maximum atomic E-state index is 3.92. The maximum Gasteiger partial charge on any atom is -0.0101 e. The van der Waals surface area contributed by atoms with Gasteiger partial charge in [0.25, 0.3) is 0 Å². The Morgan fingerprint density at radius 3 is 1.29 bits per heavy atom. The van der Waals surface area contributed by atoms with Crippen LogP contribution in [0.2, 0.25) is 0 Å². The van der Waals surface area contributed by atoms with E-state index in [2.05, 4.69) is 33.4 Å². The summed E-state index contributed by atoms with van der Waals surface area (Å²) >= 11 is 3.92. The molecule has 1 heteroatoms. The average molecular weight is 120 g/mol. The van der Waals surface area contributed by atoms with Gasteiger partial charge in [0.2, 0.25) is 0 Å². The maximum absolute atomic E-state index is 3.92. The summed E-state index contributed by atoms with van der Waals surface area (Å²) in [5.41, 5.74) is 0. The van der Waals surface area contributed by atoms with E-state index < -0.39 is 0 Å². The smallest absolute Gasteiger partial charge is 0.0101 e. The second kappa shape index (κ2) is 16.2. The standard InChI is InChI=1S/C3H8S.C3H8/c1-2-3-4;1-3-2/h4H,2-3H2,1H3;3H2,1-2H3. The van der Waals surface area contributed by atoms with Crippen molar-refractivity contribution in [2.45, 2.75) is 33.6 Å². The topological polar surface area (TPSA) is 0 Å². The Kier molecular flexibility index (Phi) is 24.0. The van der Waals surface area contributed by atoms with Crippen molar-refractivity contribution in [2.75, 3.05) is 5.75 Å². The summed E-state index contributed by atoms with van der Waals surface area (Å²) in [6, 6.07) is 0. The van der Waals surface area contributed by atoms with Gasteiger partial charge in [-0.2, -0.15) is 12.6 Å². The fourth-order valence-corrected chi connectivity index (χ4v) is 0. The van der Waals surface area contributed by atoms with E-state index in [1.165, 1.54) is 12.8 Å². The molecule has 7 heavy (non-hydrogen) atoms. The van der Waals surface area contributed by atoms with Crippen molar-refractivity contribution in [3.05, 3.63) is 0 Å². The van der Waals surface area contributed by atoms with E-state index >= 15 is 0 Å². The van der Waals surface area contributed by atoms with Crippen molar-refractivity contribution in [3.63, 3.8) is 0 Å². The van der Waals surface area contributed by atoms with Crippen molar-refractivity contribution < 1.29 is 0 Å². The highest BCUT2D eigenvalue weighted by atomic mass is 32.1. The highest BCUT2D eigenvalue weighted by Gasteiger charge is 1.57. The fraction of sp³-hybridized carbons (Fsp3) is 1.00. The molecule has 0 radical (unpaired) electrons. The van der Waals surface area contributed by atoms with Gasteiger partial charge in [-0.15, -0.1) is 0 Å². The van der Waals surface area contributed by atoms with E-state index in [9.17, 15) is 0 Å². The van der Waals surface area contributed by atoms with E-state index in [0.29, 0.717) is 0 Å². The van der Waals surface area contributed by atoms with E-state index in [4.69, 9.17) is 0 Å². The molecule has 0 amide bonds. The monoisotopic (exact) mass is 120 g/mol. The zero-order valence-electron chi connectivity index (χ0n) is 5.57. The molecule has 0 atom stereocenters. The number of thiol groups is 1. The summed E-state index contributed by atoms with van der Waals surface area (Å²) < 4.78 is 0. The summed E-state index contributed by atoms with van der Waals surface area (Å²) in [6.45, 7) is 6.35. The van der Waals surface area contributed by atoms with Gasteiger partial charge < -0.3 is 0 Å². The van der Waals surface area contributed by atoms with Crippen LogP contribution >= 0.6 is 12.6 Å². The van der Waals surface area contributed by atoms with Gasteiger partial charge in [0.05, 0.1) is 0 Å². The number of hydrogen-bond acceptors (Lipinski definition) is 1. The van der Waals surface area contributed by atoms with E-state index in [-0.39, 0.29) is 0 Å². The van der Waals surface area contributed by atoms with Crippen LogP contribution in [0.4, 0.5) is 0 Å². The summed E-state index contributed by atoms with van der Waals surface area (Å²) in [6.07, 6.45) is 2.43. The summed E-state index contributed by atoms with van der Waals surface area (Å²) in [7, 11) is 0. The van der Waals surface area contributed by atoms with Gasteiger partial charge in [-0.3, -0.25) is 0 Å². The molecule has 0 heterocycles. The molecule has 0 fully saturated rings. The lowest BCUT2D eigenvalue weighted by molar-refractivity contribution is 1.09. The van der Waals surface area contributed by atoms with Gasteiger partial charge in [-0.1, -0.05) is 27.2 Å². The molecule has 0 saturated heterocycles. The zero-order chi connectivity index (χ0) is 6.12. The molecule has 0 rings (SSSR count). The molecule has 0 aliphatic rings. The quantitative estimate of drug-likeness (QED) is 0.505. The van der Waals surface area contributed by atoms with Crippen LogP contribution in [-0.4, -0.2) is 5.75 Å². The Hall–Kier alpha value is 0.350. The Labute approximate surface area is 52.7 Å². The molecule has 46 valence electrons. The first-order chi connectivity index (χ1) is 3.33. The number of rotatable bonds is 1. The van der Waals surface area contributed by atoms with Crippen molar-refractivity contribution in [1.82, 2.24) is 0 Å². The van der Waals surface area contributed by atoms with Crippen LogP contribution in [-0.2, 0) is 0 Å². The van der Waals surface area contributed by atoms with Crippen LogP contribution in [0.5, 0.6) is 0 Å². The molecule has 0 saturated carbocycles. The molecule has 0 aliphatic carbocycles. The zero-order valence-corrected chi connectivity index (χ0v) is 6.46. The molecule has 0 aromatic heterocycles. The molecule has 0 N–H and O–H groups in total. The van der Waals surface area contributed by atoms with Gasteiger partial charge in [0.15, 0.2) is 0 Å². The van der Waals surface area contributed by atoms with Crippen LogP contribution in [0.1, 0.15) is 33.6 Å². The van der Waals surface area contributed by atoms with E-state index in [1.54, 1.807) is 0 Å². The predicted molar refractivity (Wildman–Crippen MR) is 40.1 cm³/mol. The predicted octanol–water partition coefficient (Wildman–Crippen LogP) is 2.74. The largest absolute Gasteiger partial charge is 0.179 e. The molecule has 0 bridgehead atoms. The van der Waals surface area contributed by atoms with Gasteiger partial charge in [-0.25, -0.2) is 0 Å². The Bertz CT molecular complexity index is 11.7. The lowest BCUT2D eigenvalue weighted by Gasteiger charge is -1.67. The third-order valence-corrected chi connectivity index (χ3v) is 0.671. The Morgan fingerprint density at radius 1 is 1.14 bits per heavy atom. The first-order valence-corrected chi connectivity index (χ1v) is 3.57. The molecule has 0 nitrogen and oxygen atoms in total. The van der Waals surface area contributed by atoms with E-state index in [0.717, 1.165) is 5.75 Å². The summed E-state index contributed by atoms with van der Waals surface area (Å²) in [5.74, 6) is 1.01. The first-order valence-electron chi connectivity index (χ1n) is 2.94. The van der Waals surface area contributed by atoms with Crippen molar-refractivity contribution in [3.8, 4) is 0 Å². The molecular formula is C6H16S. The van der Waals surface area contributed by atoms with E-state index in [1.807, 2.05) is 0 Å². The van der Waals surface area contributed by atoms with Gasteiger partial charge in [-0.05, 0) is 12.2 Å². The Balaban J connectivity index is 0. The second-order valence-corrected chi connectivity index (χ2v) is 1.88. The third kappa shape index (κ3) is 65.9. The SMILES string of the molecule is CCC.CCCS. The van der Waals surface area contributed by atoms with Crippen molar-refractivity contribution >= 4 is 12.6 Å². The molecule has 0 spiro atoms. The molecular weight excluding hydrogens is 104 g/mol. The highest BCUT2D eigenvalue weighted by molar-refractivity contribution is 7.80. The van der Waals surface area contributed by atoms with Crippen LogP contribution < -0.4 is 0 Å². The van der Waals surface area contributed by atoms with Crippen LogP contribution in [0.15, 0.2) is 0 Å². The Morgan fingerprint density at radius 2 is 1.29 bits per heavy atom. The normalized spacial score (nSPS) is 6.86. The van der Waals surface area contributed by atoms with Crippen LogP contribution in [0.3, 0.4) is 0 Å². The average Bonchev–Trinajstić information content (AvgIpc) is 1.69. The van der Waals surface area contributed by atoms with Crippen LogP contribution in [0, 0.1) is 0 Å². The molecule has 0 aliphatic heterocycles. The molecule has 0 unspecified atom stereocenters. The van der Waals surface area contributed by atoms with Crippen LogP contribution in [0.25, 0.3) is 0 Å².